The summed E-state index contributed by atoms with van der Waals surface area (Å²) in [7, 11) is 0. The van der Waals surface area contributed by atoms with Gasteiger partial charge in [0.2, 0.25) is 0 Å². The minimum Gasteiger partial charge on any atom is -0.271 e. The van der Waals surface area contributed by atoms with E-state index in [9.17, 15) is 13.2 Å². The second-order valence-corrected chi connectivity index (χ2v) is 4.12. The first-order valence-electron chi connectivity index (χ1n) is 4.97. The molecule has 1 aliphatic rings. The van der Waals surface area contributed by atoms with Crippen molar-refractivity contribution in [3.63, 3.8) is 0 Å². The molecule has 1 fully saturated rings. The Morgan fingerprint density at radius 3 is 2.36 bits per heavy atom. The lowest BCUT2D eigenvalue weighted by Crippen LogP contribution is -2.41. The highest BCUT2D eigenvalue weighted by Crippen LogP contribution is 2.39. The largest absolute Gasteiger partial charge is 0.389 e. The van der Waals surface area contributed by atoms with Crippen LogP contribution in [0.3, 0.4) is 0 Å². The molecule has 14 heavy (non-hydrogen) atoms. The van der Waals surface area contributed by atoms with Crippen molar-refractivity contribution in [3.8, 4) is 0 Å². The van der Waals surface area contributed by atoms with Crippen molar-refractivity contribution >= 4 is 0 Å². The zero-order chi connectivity index (χ0) is 10.8. The summed E-state index contributed by atoms with van der Waals surface area (Å²) in [6, 6.07) is -0.205. The zero-order valence-corrected chi connectivity index (χ0v) is 8.27. The first-order chi connectivity index (χ1) is 6.44. The van der Waals surface area contributed by atoms with Crippen molar-refractivity contribution in [2.45, 2.75) is 44.8 Å². The summed E-state index contributed by atoms with van der Waals surface area (Å²) in [4.78, 5) is 0. The zero-order valence-electron chi connectivity index (χ0n) is 8.27. The summed E-state index contributed by atoms with van der Waals surface area (Å²) in [5.41, 5.74) is 2.50. The Morgan fingerprint density at radius 1 is 1.43 bits per heavy atom. The van der Waals surface area contributed by atoms with E-state index in [-0.39, 0.29) is 18.4 Å². The van der Waals surface area contributed by atoms with E-state index >= 15 is 0 Å². The number of halogens is 3. The molecule has 0 radical (unpaired) electrons. The van der Waals surface area contributed by atoms with Crippen molar-refractivity contribution in [1.82, 2.24) is 5.43 Å². The second kappa shape index (κ2) is 4.49. The van der Waals surface area contributed by atoms with E-state index in [1.165, 1.54) is 0 Å². The smallest absolute Gasteiger partial charge is 0.271 e. The number of hydrazine groups is 1. The molecule has 2 nitrogen and oxygen atoms in total. The lowest BCUT2D eigenvalue weighted by atomic mass is 9.93. The molecule has 1 aliphatic carbocycles. The summed E-state index contributed by atoms with van der Waals surface area (Å²) >= 11 is 0. The Labute approximate surface area is 82.0 Å². The van der Waals surface area contributed by atoms with Gasteiger partial charge in [0.25, 0.3) is 0 Å². The maximum atomic E-state index is 12.0. The standard InChI is InChI=1S/C9H17F3N2/c1-6(7-2-3-7)8(14-13)4-5-9(10,11)12/h6-8,14H,2-5,13H2,1H3. The van der Waals surface area contributed by atoms with E-state index in [1.54, 1.807) is 0 Å². The van der Waals surface area contributed by atoms with E-state index in [1.807, 2.05) is 6.92 Å². The average Bonchev–Trinajstić information content (AvgIpc) is 2.85. The highest BCUT2D eigenvalue weighted by Gasteiger charge is 2.35. The van der Waals surface area contributed by atoms with Crippen LogP contribution in [-0.4, -0.2) is 12.2 Å². The van der Waals surface area contributed by atoms with Gasteiger partial charge in [0, 0.05) is 12.5 Å². The normalized spacial score (nSPS) is 22.1. The highest BCUT2D eigenvalue weighted by molar-refractivity contribution is 4.85. The number of hydrogen-bond donors (Lipinski definition) is 2. The topological polar surface area (TPSA) is 38.0 Å². The van der Waals surface area contributed by atoms with Gasteiger partial charge in [-0.15, -0.1) is 0 Å². The van der Waals surface area contributed by atoms with Gasteiger partial charge in [-0.1, -0.05) is 6.92 Å². The molecule has 84 valence electrons. The number of rotatable bonds is 5. The van der Waals surface area contributed by atoms with E-state index in [0.29, 0.717) is 5.92 Å². The summed E-state index contributed by atoms with van der Waals surface area (Å²) < 4.78 is 35.9. The van der Waals surface area contributed by atoms with Gasteiger partial charge in [-0.2, -0.15) is 13.2 Å². The van der Waals surface area contributed by atoms with Crippen LogP contribution in [0.2, 0.25) is 0 Å². The molecule has 0 saturated heterocycles. The van der Waals surface area contributed by atoms with E-state index in [2.05, 4.69) is 5.43 Å². The van der Waals surface area contributed by atoms with Crippen molar-refractivity contribution in [2.24, 2.45) is 17.7 Å². The van der Waals surface area contributed by atoms with Crippen molar-refractivity contribution in [3.05, 3.63) is 0 Å². The Kier molecular flexibility index (Phi) is 3.78. The van der Waals surface area contributed by atoms with Gasteiger partial charge >= 0.3 is 6.18 Å². The first-order valence-corrected chi connectivity index (χ1v) is 4.97. The van der Waals surface area contributed by atoms with E-state index < -0.39 is 12.6 Å². The van der Waals surface area contributed by atoms with E-state index in [4.69, 9.17) is 5.84 Å². The van der Waals surface area contributed by atoms with Crippen LogP contribution in [0.15, 0.2) is 0 Å². The van der Waals surface area contributed by atoms with E-state index in [0.717, 1.165) is 12.8 Å². The van der Waals surface area contributed by atoms with Crippen LogP contribution in [0.25, 0.3) is 0 Å². The van der Waals surface area contributed by atoms with Crippen LogP contribution in [0.5, 0.6) is 0 Å². The molecule has 0 spiro atoms. The fourth-order valence-corrected chi connectivity index (χ4v) is 1.77. The number of nitrogens with two attached hydrogens (primary N) is 1. The Balaban J connectivity index is 2.30. The van der Waals surface area contributed by atoms with Crippen molar-refractivity contribution in [2.75, 3.05) is 0 Å². The molecule has 0 aromatic rings. The molecule has 2 atom stereocenters. The summed E-state index contributed by atoms with van der Waals surface area (Å²) in [6.45, 7) is 1.97. The number of nitrogens with one attached hydrogen (secondary N) is 1. The van der Waals surface area contributed by atoms with Gasteiger partial charge in [-0.3, -0.25) is 11.3 Å². The number of alkyl halides is 3. The Hall–Kier alpha value is -0.290. The van der Waals surface area contributed by atoms with Gasteiger partial charge in [-0.25, -0.2) is 0 Å². The molecule has 1 rings (SSSR count). The quantitative estimate of drug-likeness (QED) is 0.539. The predicted molar refractivity (Wildman–Crippen MR) is 48.3 cm³/mol. The molecule has 0 amide bonds. The number of hydrogen-bond acceptors (Lipinski definition) is 2. The monoisotopic (exact) mass is 210 g/mol. The van der Waals surface area contributed by atoms with Crippen LogP contribution >= 0.6 is 0 Å². The predicted octanol–water partition coefficient (Wildman–Crippen LogP) is 2.21. The highest BCUT2D eigenvalue weighted by atomic mass is 19.4. The molecule has 0 aromatic heterocycles. The fourth-order valence-electron chi connectivity index (χ4n) is 1.77. The molecule has 1 saturated carbocycles. The lowest BCUT2D eigenvalue weighted by molar-refractivity contribution is -0.137. The molecular formula is C9H17F3N2. The summed E-state index contributed by atoms with van der Waals surface area (Å²) in [5.74, 6) is 6.08. The first kappa shape index (κ1) is 11.8. The van der Waals surface area contributed by atoms with Crippen LogP contribution in [0.4, 0.5) is 13.2 Å². The Morgan fingerprint density at radius 2 is 2.00 bits per heavy atom. The molecular weight excluding hydrogens is 193 g/mol. The van der Waals surface area contributed by atoms with Gasteiger partial charge in [-0.05, 0) is 31.1 Å². The third kappa shape index (κ3) is 3.84. The van der Waals surface area contributed by atoms with Crippen molar-refractivity contribution < 1.29 is 13.2 Å². The summed E-state index contributed by atoms with van der Waals surface area (Å²) in [6.07, 6.45) is -2.48. The molecule has 0 aromatic carbocycles. The molecule has 2 unspecified atom stereocenters. The molecule has 0 aliphatic heterocycles. The van der Waals surface area contributed by atoms with Crippen LogP contribution < -0.4 is 11.3 Å². The fraction of sp³-hybridized carbons (Fsp3) is 1.00. The maximum Gasteiger partial charge on any atom is 0.389 e. The third-order valence-corrected chi connectivity index (χ3v) is 2.95. The van der Waals surface area contributed by atoms with Gasteiger partial charge in [0.05, 0.1) is 0 Å². The van der Waals surface area contributed by atoms with Crippen LogP contribution in [-0.2, 0) is 0 Å². The lowest BCUT2D eigenvalue weighted by Gasteiger charge is -2.23. The van der Waals surface area contributed by atoms with Gasteiger partial charge in [0.1, 0.15) is 0 Å². The minimum atomic E-state index is -4.07. The third-order valence-electron chi connectivity index (χ3n) is 2.95. The minimum absolute atomic E-state index is 0.0810. The second-order valence-electron chi connectivity index (χ2n) is 4.12. The molecule has 5 heteroatoms. The average molecular weight is 210 g/mol. The van der Waals surface area contributed by atoms with Gasteiger partial charge in [0.15, 0.2) is 0 Å². The SMILES string of the molecule is CC(C1CC1)C(CCC(F)(F)F)NN. The van der Waals surface area contributed by atoms with Crippen molar-refractivity contribution in [1.29, 1.82) is 0 Å². The molecule has 0 heterocycles. The summed E-state index contributed by atoms with van der Waals surface area (Å²) in [5, 5.41) is 0. The van der Waals surface area contributed by atoms with Gasteiger partial charge < -0.3 is 0 Å². The maximum absolute atomic E-state index is 12.0. The molecule has 0 bridgehead atoms. The van der Waals surface area contributed by atoms with Crippen LogP contribution in [0, 0.1) is 11.8 Å². The van der Waals surface area contributed by atoms with Crippen LogP contribution in [0.1, 0.15) is 32.6 Å². The Bertz CT molecular complexity index is 177. The molecule has 3 N–H and O–H groups in total.